The summed E-state index contributed by atoms with van der Waals surface area (Å²) < 4.78 is 0.402. The Kier molecular flexibility index (Phi) is 3.44. The van der Waals surface area contributed by atoms with Crippen LogP contribution in [0, 0.1) is 0 Å². The largest absolute Gasteiger partial charge is 0.289 e. The van der Waals surface area contributed by atoms with Crippen molar-refractivity contribution in [3.8, 4) is 0 Å². The van der Waals surface area contributed by atoms with Crippen LogP contribution in [0.4, 0.5) is 0 Å². The number of amides is 1. The zero-order valence-electron chi connectivity index (χ0n) is 8.76. The lowest BCUT2D eigenvalue weighted by Crippen LogP contribution is -2.06. The van der Waals surface area contributed by atoms with Crippen LogP contribution >= 0.6 is 15.9 Å². The van der Waals surface area contributed by atoms with Gasteiger partial charge in [-0.2, -0.15) is 0 Å². The van der Waals surface area contributed by atoms with Crippen LogP contribution in [0.15, 0.2) is 58.0 Å². The molecular weight excluding hydrogens is 282 g/mol. The van der Waals surface area contributed by atoms with Gasteiger partial charge in [0.05, 0.1) is 10.2 Å². The Bertz CT molecular complexity index is 556. The van der Waals surface area contributed by atoms with Crippen molar-refractivity contribution in [2.24, 2.45) is 4.99 Å². The summed E-state index contributed by atoms with van der Waals surface area (Å²) in [6, 6.07) is 8.78. The van der Waals surface area contributed by atoms with Gasteiger partial charge in [0.25, 0.3) is 5.91 Å². The molecule has 1 aliphatic carbocycles. The van der Waals surface area contributed by atoms with Crippen LogP contribution in [0.2, 0.25) is 0 Å². The molecule has 1 aromatic carbocycles. The average molecular weight is 290 g/mol. The van der Waals surface area contributed by atoms with E-state index in [9.17, 15) is 9.59 Å². The van der Waals surface area contributed by atoms with Crippen LogP contribution < -0.4 is 0 Å². The minimum absolute atomic E-state index is 0.129. The summed E-state index contributed by atoms with van der Waals surface area (Å²) in [4.78, 5) is 26.8. The molecule has 1 aliphatic rings. The average Bonchev–Trinajstić information content (AvgIpc) is 2.35. The van der Waals surface area contributed by atoms with Crippen LogP contribution in [0.3, 0.4) is 0 Å². The van der Waals surface area contributed by atoms with E-state index in [1.807, 2.05) is 6.07 Å². The van der Waals surface area contributed by atoms with Gasteiger partial charge >= 0.3 is 0 Å². The van der Waals surface area contributed by atoms with Gasteiger partial charge in [-0.05, 0) is 46.3 Å². The number of aliphatic imine (C=N–C) groups is 1. The van der Waals surface area contributed by atoms with Gasteiger partial charge in [-0.25, -0.2) is 4.99 Å². The molecule has 0 N–H and O–H groups in total. The van der Waals surface area contributed by atoms with Crippen molar-refractivity contribution in [3.63, 3.8) is 0 Å². The second-order valence-electron chi connectivity index (χ2n) is 3.40. The molecule has 0 radical (unpaired) electrons. The molecule has 0 atom stereocenters. The normalized spacial score (nSPS) is 17.1. The molecule has 2 rings (SSSR count). The Morgan fingerprint density at radius 1 is 1.12 bits per heavy atom. The smallest absolute Gasteiger partial charge is 0.277 e. The van der Waals surface area contributed by atoms with E-state index < -0.39 is 0 Å². The van der Waals surface area contributed by atoms with Gasteiger partial charge in [0.1, 0.15) is 0 Å². The Hall–Kier alpha value is -1.81. The molecule has 1 amide bonds. The summed E-state index contributed by atoms with van der Waals surface area (Å²) in [5, 5.41) is 0. The molecular formula is C13H8BrNO2. The first-order valence-corrected chi connectivity index (χ1v) is 5.74. The molecule has 0 unspecified atom stereocenters. The molecule has 84 valence electrons. The van der Waals surface area contributed by atoms with Crippen LogP contribution in [-0.4, -0.2) is 17.4 Å². The quantitative estimate of drug-likeness (QED) is 0.746. The number of rotatable bonds is 1. The summed E-state index contributed by atoms with van der Waals surface area (Å²) in [6.07, 6.45) is 4.43. The van der Waals surface area contributed by atoms with Crippen molar-refractivity contribution >= 4 is 33.3 Å². The van der Waals surface area contributed by atoms with Crippen LogP contribution in [0.1, 0.15) is 10.4 Å². The SMILES string of the molecule is O=C1C=CC(=NC(=O)c2ccccc2)C=C1Br. The highest BCUT2D eigenvalue weighted by atomic mass is 79.9. The molecule has 0 saturated heterocycles. The molecule has 3 nitrogen and oxygen atoms in total. The zero-order chi connectivity index (χ0) is 12.3. The van der Waals surface area contributed by atoms with Crippen molar-refractivity contribution in [1.29, 1.82) is 0 Å². The topological polar surface area (TPSA) is 46.5 Å². The monoisotopic (exact) mass is 289 g/mol. The Labute approximate surface area is 107 Å². The van der Waals surface area contributed by atoms with E-state index in [1.54, 1.807) is 24.3 Å². The van der Waals surface area contributed by atoms with E-state index >= 15 is 0 Å². The molecule has 0 aliphatic heterocycles. The molecule has 4 heteroatoms. The highest BCUT2D eigenvalue weighted by Gasteiger charge is 2.10. The predicted molar refractivity (Wildman–Crippen MR) is 69.4 cm³/mol. The third kappa shape index (κ3) is 2.85. The van der Waals surface area contributed by atoms with Crippen molar-refractivity contribution in [1.82, 2.24) is 0 Å². The molecule has 0 aromatic heterocycles. The minimum Gasteiger partial charge on any atom is -0.289 e. The number of benzene rings is 1. The molecule has 17 heavy (non-hydrogen) atoms. The number of nitrogens with zero attached hydrogens (tertiary/aromatic N) is 1. The highest BCUT2D eigenvalue weighted by molar-refractivity contribution is 9.12. The molecule has 0 fully saturated rings. The molecule has 0 spiro atoms. The van der Waals surface area contributed by atoms with E-state index in [0.717, 1.165) is 0 Å². The summed E-state index contributed by atoms with van der Waals surface area (Å²) >= 11 is 3.11. The number of carbonyl (C=O) groups is 2. The number of carbonyl (C=O) groups excluding carboxylic acids is 2. The standard InChI is InChI=1S/C13H8BrNO2/c14-11-8-10(6-7-12(11)16)15-13(17)9-4-2-1-3-5-9/h1-8H. The second-order valence-corrected chi connectivity index (χ2v) is 4.25. The lowest BCUT2D eigenvalue weighted by Gasteiger charge is -2.02. The number of hydrogen-bond donors (Lipinski definition) is 0. The molecule has 0 bridgehead atoms. The fraction of sp³-hybridized carbons (Fsp3) is 0. The van der Waals surface area contributed by atoms with Crippen LogP contribution in [0.5, 0.6) is 0 Å². The van der Waals surface area contributed by atoms with E-state index in [1.165, 1.54) is 18.2 Å². The Morgan fingerprint density at radius 2 is 1.82 bits per heavy atom. The van der Waals surface area contributed by atoms with Crippen molar-refractivity contribution in [2.45, 2.75) is 0 Å². The second kappa shape index (κ2) is 5.01. The van der Waals surface area contributed by atoms with Crippen molar-refractivity contribution < 1.29 is 9.59 Å². The fourth-order valence-electron chi connectivity index (χ4n) is 1.32. The lowest BCUT2D eigenvalue weighted by molar-refractivity contribution is -0.110. The van der Waals surface area contributed by atoms with E-state index in [4.69, 9.17) is 0 Å². The number of allylic oxidation sites excluding steroid dienone is 4. The number of halogens is 1. The van der Waals surface area contributed by atoms with Crippen molar-refractivity contribution in [3.05, 3.63) is 58.6 Å². The summed E-state index contributed by atoms with van der Waals surface area (Å²) in [6.45, 7) is 0. The van der Waals surface area contributed by atoms with Gasteiger partial charge in [-0.3, -0.25) is 9.59 Å². The zero-order valence-corrected chi connectivity index (χ0v) is 10.3. The summed E-state index contributed by atoms with van der Waals surface area (Å²) in [5.74, 6) is -0.452. The highest BCUT2D eigenvalue weighted by Crippen LogP contribution is 2.13. The van der Waals surface area contributed by atoms with Crippen LogP contribution in [0.25, 0.3) is 0 Å². The minimum atomic E-state index is -0.323. The van der Waals surface area contributed by atoms with Gasteiger partial charge in [0.2, 0.25) is 0 Å². The number of ketones is 1. The Balaban J connectivity index is 2.25. The maximum Gasteiger partial charge on any atom is 0.277 e. The predicted octanol–water partition coefficient (Wildman–Crippen LogP) is 2.69. The van der Waals surface area contributed by atoms with E-state index in [-0.39, 0.29) is 11.7 Å². The maximum absolute atomic E-state index is 11.8. The van der Waals surface area contributed by atoms with Gasteiger partial charge < -0.3 is 0 Å². The van der Waals surface area contributed by atoms with Gasteiger partial charge in [-0.1, -0.05) is 18.2 Å². The van der Waals surface area contributed by atoms with E-state index in [2.05, 4.69) is 20.9 Å². The van der Waals surface area contributed by atoms with Crippen LogP contribution in [-0.2, 0) is 4.79 Å². The van der Waals surface area contributed by atoms with Gasteiger partial charge in [-0.15, -0.1) is 0 Å². The molecule has 0 saturated carbocycles. The van der Waals surface area contributed by atoms with Gasteiger partial charge in [0.15, 0.2) is 5.78 Å². The molecule has 1 aromatic rings. The lowest BCUT2D eigenvalue weighted by atomic mass is 10.1. The summed E-state index contributed by atoms with van der Waals surface area (Å²) in [7, 11) is 0. The third-order valence-electron chi connectivity index (χ3n) is 2.17. The van der Waals surface area contributed by atoms with Crippen molar-refractivity contribution in [2.75, 3.05) is 0 Å². The molecule has 0 heterocycles. The van der Waals surface area contributed by atoms with Gasteiger partial charge in [0, 0.05) is 5.56 Å². The third-order valence-corrected chi connectivity index (χ3v) is 2.79. The maximum atomic E-state index is 11.8. The summed E-state index contributed by atoms with van der Waals surface area (Å²) in [5.41, 5.74) is 0.986. The Morgan fingerprint density at radius 3 is 2.47 bits per heavy atom. The fourth-order valence-corrected chi connectivity index (χ4v) is 1.69. The number of hydrogen-bond acceptors (Lipinski definition) is 2. The first-order valence-electron chi connectivity index (χ1n) is 4.94. The van der Waals surface area contributed by atoms with E-state index in [0.29, 0.717) is 15.8 Å². The first-order chi connectivity index (χ1) is 8.16. The first kappa shape index (κ1) is 11.7.